The molecule has 0 spiro atoms. The Hall–Kier alpha value is -2.72. The van der Waals surface area contributed by atoms with Gasteiger partial charge in [-0.3, -0.25) is 14.5 Å². The number of unbranched alkanes of at least 4 members (excludes halogenated alkanes) is 1. The second-order valence-electron chi connectivity index (χ2n) is 11.2. The number of carbonyl (C=O) groups excluding carboxylic acids is 2. The number of hydrogen-bond acceptors (Lipinski definition) is 4. The van der Waals surface area contributed by atoms with Crippen molar-refractivity contribution in [2.24, 2.45) is 11.8 Å². The van der Waals surface area contributed by atoms with Gasteiger partial charge in [0.25, 0.3) is 5.91 Å². The molecule has 2 aromatic rings. The highest BCUT2D eigenvalue weighted by Gasteiger charge is 2.49. The van der Waals surface area contributed by atoms with E-state index < -0.39 is 48.1 Å². The van der Waals surface area contributed by atoms with E-state index in [-0.39, 0.29) is 47.6 Å². The van der Waals surface area contributed by atoms with E-state index in [1.54, 1.807) is 0 Å². The molecule has 1 aliphatic heterocycles. The van der Waals surface area contributed by atoms with Gasteiger partial charge in [0.1, 0.15) is 12.6 Å². The quantitative estimate of drug-likeness (QED) is 0.298. The smallest absolute Gasteiger partial charge is 0.393 e. The van der Waals surface area contributed by atoms with Crippen molar-refractivity contribution < 1.29 is 32.3 Å². The van der Waals surface area contributed by atoms with Crippen LogP contribution in [0.15, 0.2) is 30.5 Å². The Kier molecular flexibility index (Phi) is 9.95. The Morgan fingerprint density at radius 3 is 2.37 bits per heavy atom. The molecule has 4 rings (SSSR count). The Morgan fingerprint density at radius 1 is 1.10 bits per heavy atom. The van der Waals surface area contributed by atoms with Gasteiger partial charge in [0.05, 0.1) is 16.7 Å². The van der Waals surface area contributed by atoms with Gasteiger partial charge in [-0.25, -0.2) is 9.37 Å². The number of aromatic nitrogens is 1. The number of amides is 2. The van der Waals surface area contributed by atoms with Crippen LogP contribution in [0.1, 0.15) is 75.5 Å². The maximum absolute atomic E-state index is 16.0. The van der Waals surface area contributed by atoms with E-state index in [0.717, 1.165) is 49.1 Å². The molecule has 1 aliphatic carbocycles. The largest absolute Gasteiger partial charge is 0.416 e. The van der Waals surface area contributed by atoms with E-state index in [1.807, 2.05) is 0 Å². The Labute approximate surface area is 242 Å². The van der Waals surface area contributed by atoms with Crippen molar-refractivity contribution in [1.82, 2.24) is 9.88 Å². The lowest BCUT2D eigenvalue weighted by Gasteiger charge is -2.47. The minimum atomic E-state index is -4.50. The van der Waals surface area contributed by atoms with Crippen LogP contribution < -0.4 is 4.90 Å². The molecule has 1 aromatic carbocycles. The lowest BCUT2D eigenvalue weighted by atomic mass is 9.75. The van der Waals surface area contributed by atoms with Crippen LogP contribution in [0.5, 0.6) is 0 Å². The molecule has 2 atom stereocenters. The average Bonchev–Trinajstić information content (AvgIpc) is 2.90. The van der Waals surface area contributed by atoms with Crippen molar-refractivity contribution in [2.45, 2.75) is 90.1 Å². The van der Waals surface area contributed by atoms with Crippen molar-refractivity contribution in [3.63, 3.8) is 0 Å². The molecular formula is C30H36ClF4N3O3. The van der Waals surface area contributed by atoms with Crippen molar-refractivity contribution in [3.8, 4) is 0 Å². The van der Waals surface area contributed by atoms with Crippen LogP contribution in [0.3, 0.4) is 0 Å². The van der Waals surface area contributed by atoms with Gasteiger partial charge in [-0.05, 0) is 48.8 Å². The summed E-state index contributed by atoms with van der Waals surface area (Å²) in [7, 11) is 0. The SMILES string of the molecule is CCCC[C@H](CCC)Cc1c(Cl)cnc(N2CC(=O)N(Cc3ccc(C(F)(F)F)cc3)C(C3CC(O)C3)C2=O)c1F. The Morgan fingerprint density at radius 2 is 1.78 bits per heavy atom. The summed E-state index contributed by atoms with van der Waals surface area (Å²) in [6.07, 6.45) is 1.92. The summed E-state index contributed by atoms with van der Waals surface area (Å²) in [6.45, 7) is 3.61. The molecule has 41 heavy (non-hydrogen) atoms. The summed E-state index contributed by atoms with van der Waals surface area (Å²) in [5.74, 6) is -2.17. The van der Waals surface area contributed by atoms with E-state index in [4.69, 9.17) is 11.6 Å². The van der Waals surface area contributed by atoms with Gasteiger partial charge in [0.2, 0.25) is 5.91 Å². The first-order valence-electron chi connectivity index (χ1n) is 14.2. The zero-order valence-corrected chi connectivity index (χ0v) is 24.0. The van der Waals surface area contributed by atoms with Crippen molar-refractivity contribution in [3.05, 3.63) is 58.0 Å². The second-order valence-corrected chi connectivity index (χ2v) is 11.6. The highest BCUT2D eigenvalue weighted by atomic mass is 35.5. The van der Waals surface area contributed by atoms with E-state index in [0.29, 0.717) is 12.0 Å². The number of carbonyl (C=O) groups is 2. The highest BCUT2D eigenvalue weighted by Crippen LogP contribution is 2.38. The standard InChI is InChI=1S/C30H36ClF4N3O3/c1-3-5-7-18(6-4-2)12-23-24(31)15-36-28(26(23)32)38-17-25(40)37(27(29(38)41)20-13-22(39)14-20)16-19-8-10-21(11-9-19)30(33,34)35/h8-11,15,18,20,22,27,39H,3-7,12-14,16-17H2,1-2H3/t18-,20?,22?,27?/m0/s1. The van der Waals surface area contributed by atoms with Crippen molar-refractivity contribution in [2.75, 3.05) is 11.4 Å². The van der Waals surface area contributed by atoms with Crippen LogP contribution in [-0.2, 0) is 28.7 Å². The number of alkyl halides is 3. The van der Waals surface area contributed by atoms with Crippen LogP contribution in [0.2, 0.25) is 5.02 Å². The Balaban J connectivity index is 1.62. The number of aliphatic hydroxyl groups is 1. The molecule has 1 N–H and O–H groups in total. The number of hydrogen-bond donors (Lipinski definition) is 1. The molecule has 2 heterocycles. The first-order chi connectivity index (χ1) is 19.4. The third-order valence-corrected chi connectivity index (χ3v) is 8.49. The number of aliphatic hydroxyl groups excluding tert-OH is 1. The van der Waals surface area contributed by atoms with Gasteiger partial charge in [-0.15, -0.1) is 0 Å². The fourth-order valence-corrected chi connectivity index (χ4v) is 6.07. The Bertz CT molecular complexity index is 1230. The zero-order valence-electron chi connectivity index (χ0n) is 23.3. The first kappa shape index (κ1) is 31.2. The summed E-state index contributed by atoms with van der Waals surface area (Å²) in [6, 6.07) is 3.40. The summed E-state index contributed by atoms with van der Waals surface area (Å²) in [4.78, 5) is 33.8. The molecule has 2 fully saturated rings. The molecule has 1 aromatic heterocycles. The van der Waals surface area contributed by atoms with Gasteiger partial charge < -0.3 is 10.0 Å². The monoisotopic (exact) mass is 597 g/mol. The summed E-state index contributed by atoms with van der Waals surface area (Å²) < 4.78 is 55.1. The maximum atomic E-state index is 16.0. The van der Waals surface area contributed by atoms with E-state index >= 15 is 4.39 Å². The number of piperazine rings is 1. The van der Waals surface area contributed by atoms with E-state index in [1.165, 1.54) is 23.2 Å². The van der Waals surface area contributed by atoms with E-state index in [2.05, 4.69) is 18.8 Å². The molecular weight excluding hydrogens is 562 g/mol. The molecule has 1 unspecified atom stereocenters. The molecule has 2 aliphatic rings. The van der Waals surface area contributed by atoms with Gasteiger partial charge in [-0.1, -0.05) is 69.7 Å². The number of rotatable bonds is 11. The van der Waals surface area contributed by atoms with Crippen molar-refractivity contribution in [1.29, 1.82) is 0 Å². The predicted octanol–water partition coefficient (Wildman–Crippen LogP) is 6.56. The first-order valence-corrected chi connectivity index (χ1v) is 14.6. The third kappa shape index (κ3) is 7.02. The molecule has 224 valence electrons. The van der Waals surface area contributed by atoms with Crippen LogP contribution in [0.4, 0.5) is 23.4 Å². The lowest BCUT2D eigenvalue weighted by molar-refractivity contribution is -0.149. The minimum absolute atomic E-state index is 0.0916. The average molecular weight is 598 g/mol. The fourth-order valence-electron chi connectivity index (χ4n) is 5.86. The molecule has 2 amide bonds. The molecule has 0 radical (unpaired) electrons. The normalized spacial score (nSPS) is 22.2. The summed E-state index contributed by atoms with van der Waals surface area (Å²) in [5.41, 5.74) is -0.123. The number of pyridine rings is 1. The van der Waals surface area contributed by atoms with Crippen LogP contribution in [-0.4, -0.2) is 45.5 Å². The van der Waals surface area contributed by atoms with Gasteiger partial charge >= 0.3 is 6.18 Å². The number of anilines is 1. The van der Waals surface area contributed by atoms with Gasteiger partial charge in [0.15, 0.2) is 11.6 Å². The molecule has 1 saturated heterocycles. The van der Waals surface area contributed by atoms with Gasteiger partial charge in [-0.2, -0.15) is 13.2 Å². The van der Waals surface area contributed by atoms with Crippen LogP contribution in [0, 0.1) is 17.7 Å². The molecule has 0 bridgehead atoms. The number of nitrogens with zero attached hydrogens (tertiary/aromatic N) is 3. The minimum Gasteiger partial charge on any atom is -0.393 e. The van der Waals surface area contributed by atoms with Crippen molar-refractivity contribution >= 4 is 29.2 Å². The molecule has 1 saturated carbocycles. The zero-order chi connectivity index (χ0) is 29.9. The molecule has 6 nitrogen and oxygen atoms in total. The topological polar surface area (TPSA) is 73.7 Å². The lowest BCUT2D eigenvalue weighted by Crippen LogP contribution is -2.64. The summed E-state index contributed by atoms with van der Waals surface area (Å²) >= 11 is 6.38. The number of halogens is 5. The second kappa shape index (κ2) is 13.1. The van der Waals surface area contributed by atoms with Crippen LogP contribution >= 0.6 is 11.6 Å². The van der Waals surface area contributed by atoms with Gasteiger partial charge in [0, 0.05) is 18.3 Å². The fraction of sp³-hybridized carbons (Fsp3) is 0.567. The maximum Gasteiger partial charge on any atom is 0.416 e. The predicted molar refractivity (Wildman–Crippen MR) is 148 cm³/mol. The summed E-state index contributed by atoms with van der Waals surface area (Å²) in [5, 5.41) is 10.1. The molecule has 11 heteroatoms. The van der Waals surface area contributed by atoms with E-state index in [9.17, 15) is 27.9 Å². The third-order valence-electron chi connectivity index (χ3n) is 8.16. The van der Waals surface area contributed by atoms with Crippen LogP contribution in [0.25, 0.3) is 0 Å². The highest BCUT2D eigenvalue weighted by molar-refractivity contribution is 6.31. The number of benzene rings is 1.